The number of pyridine rings is 1. The molecule has 2 rings (SSSR count). The van der Waals surface area contributed by atoms with E-state index in [4.69, 9.17) is 9.84 Å². The third-order valence-electron chi connectivity index (χ3n) is 3.03. The molecule has 9 nitrogen and oxygen atoms in total. The standard InChI is InChI=1S/C16H14N4O5S.C2H4/c1-4-10(5-2)6-7-12-13(26(3,23)24)8-11(9-17-12)25-15-14(16(21)22)18-20-19-15;1-2/h4-5,8-9H,1H2,2-3H3,(H,21,22)(H,18,19,20);1-2H2/b10-5+;. The number of carbonyl (C=O) groups is 1. The summed E-state index contributed by atoms with van der Waals surface area (Å²) < 4.78 is 29.4. The number of rotatable bonds is 5. The van der Waals surface area contributed by atoms with Crippen molar-refractivity contribution >= 4 is 15.8 Å². The lowest BCUT2D eigenvalue weighted by Crippen LogP contribution is -2.04. The lowest BCUT2D eigenvalue weighted by atomic mass is 10.2. The first-order chi connectivity index (χ1) is 13.3. The summed E-state index contributed by atoms with van der Waals surface area (Å²) in [6.07, 6.45) is 5.46. The molecule has 0 amide bonds. The first-order valence-electron chi connectivity index (χ1n) is 7.59. The number of nitrogens with zero attached hydrogens (tertiary/aromatic N) is 3. The highest BCUT2D eigenvalue weighted by molar-refractivity contribution is 7.90. The van der Waals surface area contributed by atoms with E-state index in [1.807, 2.05) is 0 Å². The number of sulfone groups is 1. The van der Waals surface area contributed by atoms with Crippen LogP contribution in [0.3, 0.4) is 0 Å². The fourth-order valence-electron chi connectivity index (χ4n) is 1.77. The van der Waals surface area contributed by atoms with Crippen LogP contribution in [0.4, 0.5) is 0 Å². The number of nitrogens with one attached hydrogen (secondary N) is 1. The molecule has 10 heteroatoms. The summed E-state index contributed by atoms with van der Waals surface area (Å²) in [5, 5.41) is 18.0. The molecular weight excluding hydrogens is 384 g/mol. The zero-order valence-corrected chi connectivity index (χ0v) is 16.1. The van der Waals surface area contributed by atoms with Crippen molar-refractivity contribution in [3.8, 4) is 23.5 Å². The molecule has 28 heavy (non-hydrogen) atoms. The van der Waals surface area contributed by atoms with Gasteiger partial charge in [-0.25, -0.2) is 23.3 Å². The number of H-pyrrole nitrogens is 1. The molecule has 0 aromatic carbocycles. The topological polar surface area (TPSA) is 135 Å². The number of aromatic nitrogens is 4. The molecule has 0 radical (unpaired) electrons. The van der Waals surface area contributed by atoms with E-state index in [1.54, 1.807) is 13.0 Å². The minimum absolute atomic E-state index is 0.0256. The summed E-state index contributed by atoms with van der Waals surface area (Å²) in [7, 11) is -3.67. The molecule has 146 valence electrons. The Morgan fingerprint density at radius 3 is 2.61 bits per heavy atom. The Labute approximate surface area is 162 Å². The summed E-state index contributed by atoms with van der Waals surface area (Å²) >= 11 is 0. The Morgan fingerprint density at radius 2 is 2.07 bits per heavy atom. The number of carboxylic acids is 1. The molecule has 0 fully saturated rings. The Bertz CT molecular complexity index is 1070. The van der Waals surface area contributed by atoms with Crippen LogP contribution in [-0.4, -0.2) is 46.1 Å². The van der Waals surface area contributed by atoms with Crippen LogP contribution in [0.5, 0.6) is 11.6 Å². The monoisotopic (exact) mass is 402 g/mol. The lowest BCUT2D eigenvalue weighted by molar-refractivity contribution is 0.0687. The van der Waals surface area contributed by atoms with E-state index in [0.717, 1.165) is 6.26 Å². The Hall–Kier alpha value is -3.71. The smallest absolute Gasteiger partial charge is 0.359 e. The zero-order chi connectivity index (χ0) is 21.3. The number of hydrogen-bond donors (Lipinski definition) is 2. The van der Waals surface area contributed by atoms with E-state index in [0.29, 0.717) is 5.57 Å². The van der Waals surface area contributed by atoms with Crippen molar-refractivity contribution in [2.45, 2.75) is 11.8 Å². The first-order valence-corrected chi connectivity index (χ1v) is 9.48. The highest BCUT2D eigenvalue weighted by atomic mass is 32.2. The van der Waals surface area contributed by atoms with Gasteiger partial charge in [0.1, 0.15) is 16.3 Å². The van der Waals surface area contributed by atoms with Crippen LogP contribution >= 0.6 is 0 Å². The minimum Gasteiger partial charge on any atom is -0.476 e. The molecule has 2 aromatic heterocycles. The minimum atomic E-state index is -3.67. The van der Waals surface area contributed by atoms with Crippen molar-refractivity contribution in [1.29, 1.82) is 0 Å². The van der Waals surface area contributed by atoms with E-state index in [2.05, 4.69) is 52.0 Å². The van der Waals surface area contributed by atoms with Crippen molar-refractivity contribution < 1.29 is 23.1 Å². The molecule has 0 aliphatic rings. The summed E-state index contributed by atoms with van der Waals surface area (Å²) in [6, 6.07) is 1.19. The van der Waals surface area contributed by atoms with Crippen molar-refractivity contribution in [3.63, 3.8) is 0 Å². The van der Waals surface area contributed by atoms with Crippen molar-refractivity contribution in [1.82, 2.24) is 20.4 Å². The van der Waals surface area contributed by atoms with Gasteiger partial charge in [0.25, 0.3) is 5.88 Å². The van der Waals surface area contributed by atoms with Gasteiger partial charge in [0.2, 0.25) is 5.69 Å². The predicted molar refractivity (Wildman–Crippen MR) is 103 cm³/mol. The van der Waals surface area contributed by atoms with Crippen molar-refractivity contribution in [2.24, 2.45) is 0 Å². The van der Waals surface area contributed by atoms with E-state index in [9.17, 15) is 13.2 Å². The largest absolute Gasteiger partial charge is 0.476 e. The molecule has 0 saturated carbocycles. The van der Waals surface area contributed by atoms with Crippen molar-refractivity contribution in [3.05, 3.63) is 61.1 Å². The maximum absolute atomic E-state index is 12.0. The van der Waals surface area contributed by atoms with Gasteiger partial charge >= 0.3 is 5.97 Å². The molecule has 0 spiro atoms. The number of ether oxygens (including phenoxy) is 1. The molecule has 0 atom stereocenters. The van der Waals surface area contributed by atoms with E-state index in [-0.39, 0.29) is 27.9 Å². The van der Waals surface area contributed by atoms with Gasteiger partial charge < -0.3 is 9.84 Å². The molecule has 0 unspecified atom stereocenters. The second-order valence-corrected chi connectivity index (χ2v) is 6.87. The van der Waals surface area contributed by atoms with Gasteiger partial charge in [-0.3, -0.25) is 0 Å². The molecule has 2 heterocycles. The third-order valence-corrected chi connectivity index (χ3v) is 4.14. The first kappa shape index (κ1) is 22.3. The van der Waals surface area contributed by atoms with E-state index in [1.165, 1.54) is 18.3 Å². The van der Waals surface area contributed by atoms with Gasteiger partial charge in [-0.1, -0.05) is 35.0 Å². The normalized spacial score (nSPS) is 10.7. The maximum atomic E-state index is 12.0. The van der Waals surface area contributed by atoms with Gasteiger partial charge in [-0.15, -0.1) is 13.2 Å². The van der Waals surface area contributed by atoms with Crippen LogP contribution in [0.15, 0.2) is 54.6 Å². The van der Waals surface area contributed by atoms with Crippen LogP contribution in [0.1, 0.15) is 23.1 Å². The predicted octanol–water partition coefficient (Wildman–Crippen LogP) is 2.38. The Balaban J connectivity index is 0.00000190. The second kappa shape index (κ2) is 9.84. The number of carboxylic acid groups (broad SMARTS) is 1. The molecule has 0 saturated heterocycles. The lowest BCUT2D eigenvalue weighted by Gasteiger charge is -2.06. The molecular formula is C18H18N4O5S. The molecule has 0 aliphatic heterocycles. The number of aromatic carboxylic acids is 1. The summed E-state index contributed by atoms with van der Waals surface area (Å²) in [4.78, 5) is 14.9. The Morgan fingerprint density at radius 1 is 1.39 bits per heavy atom. The summed E-state index contributed by atoms with van der Waals surface area (Å²) in [5.74, 6) is 3.76. The van der Waals surface area contributed by atoms with Gasteiger partial charge in [0, 0.05) is 17.9 Å². The summed E-state index contributed by atoms with van der Waals surface area (Å²) in [6.45, 7) is 11.4. The van der Waals surface area contributed by atoms with Crippen LogP contribution < -0.4 is 4.74 Å². The van der Waals surface area contributed by atoms with E-state index >= 15 is 0 Å². The van der Waals surface area contributed by atoms with Crippen LogP contribution in [0.25, 0.3) is 0 Å². The maximum Gasteiger partial charge on any atom is 0.359 e. The van der Waals surface area contributed by atoms with Crippen LogP contribution in [0, 0.1) is 11.8 Å². The van der Waals surface area contributed by atoms with Gasteiger partial charge in [0.15, 0.2) is 9.84 Å². The van der Waals surface area contributed by atoms with Gasteiger partial charge in [-0.05, 0) is 12.8 Å². The highest BCUT2D eigenvalue weighted by Gasteiger charge is 2.19. The van der Waals surface area contributed by atoms with Gasteiger partial charge in [-0.2, -0.15) is 0 Å². The average molecular weight is 402 g/mol. The fourth-order valence-corrected chi connectivity index (χ4v) is 2.56. The SMILES string of the molecule is C=C.C=C/C(C#Cc1ncc(Oc2nn[nH]c2C(=O)O)cc1S(C)(=O)=O)=C\C. The Kier molecular flexibility index (Phi) is 7.85. The number of hydrogen-bond acceptors (Lipinski definition) is 7. The fraction of sp³-hybridized carbons (Fsp3) is 0.111. The van der Waals surface area contributed by atoms with Crippen LogP contribution in [0.2, 0.25) is 0 Å². The second-order valence-electron chi connectivity index (χ2n) is 4.89. The third kappa shape index (κ3) is 5.65. The average Bonchev–Trinajstić information content (AvgIpc) is 3.12. The van der Waals surface area contributed by atoms with Crippen LogP contribution in [-0.2, 0) is 9.84 Å². The van der Waals surface area contributed by atoms with E-state index < -0.39 is 15.8 Å². The summed E-state index contributed by atoms with van der Waals surface area (Å²) in [5.41, 5.74) is 0.262. The van der Waals surface area contributed by atoms with Crippen molar-refractivity contribution in [2.75, 3.05) is 6.26 Å². The molecule has 0 bridgehead atoms. The number of aromatic amines is 1. The molecule has 0 aliphatic carbocycles. The highest BCUT2D eigenvalue weighted by Crippen LogP contribution is 2.25. The van der Waals surface area contributed by atoms with Gasteiger partial charge in [0.05, 0.1) is 6.20 Å². The quantitative estimate of drug-likeness (QED) is 0.442. The molecule has 2 aromatic rings. The zero-order valence-electron chi connectivity index (χ0n) is 15.3. The molecule has 2 N–H and O–H groups in total. The number of allylic oxidation sites excluding steroid dienone is 3.